The monoisotopic (exact) mass is 378 g/mol. The molecule has 130 valence electrons. The minimum Gasteiger partial charge on any atom is -0.380 e. The number of benzene rings is 2. The molecule has 0 radical (unpaired) electrons. The van der Waals surface area contributed by atoms with E-state index in [0.717, 1.165) is 30.1 Å². The van der Waals surface area contributed by atoms with Crippen molar-refractivity contribution in [2.24, 2.45) is 0 Å². The summed E-state index contributed by atoms with van der Waals surface area (Å²) in [7, 11) is 0. The predicted molar refractivity (Wildman–Crippen MR) is 112 cm³/mol. The lowest BCUT2D eigenvalue weighted by Gasteiger charge is -2.17. The Kier molecular flexibility index (Phi) is 3.91. The molecule has 0 bridgehead atoms. The average molecular weight is 379 g/mol. The molecule has 0 saturated carbocycles. The van der Waals surface area contributed by atoms with E-state index in [1.165, 1.54) is 19.5 Å². The summed E-state index contributed by atoms with van der Waals surface area (Å²) in [6.07, 6.45) is 0.989. The van der Waals surface area contributed by atoms with Gasteiger partial charge in [-0.25, -0.2) is 0 Å². The number of nitrogens with one attached hydrogen (secondary N) is 1. The molecule has 1 N–H and O–H groups in total. The summed E-state index contributed by atoms with van der Waals surface area (Å²) >= 11 is 3.40. The number of para-hydroxylation sites is 1. The fourth-order valence-corrected chi connectivity index (χ4v) is 6.09. The van der Waals surface area contributed by atoms with Crippen LogP contribution in [0.5, 0.6) is 0 Å². The summed E-state index contributed by atoms with van der Waals surface area (Å²) in [5.41, 5.74) is 1.12. The lowest BCUT2D eigenvalue weighted by Crippen LogP contribution is -2.31. The summed E-state index contributed by atoms with van der Waals surface area (Å²) in [5.74, 6) is 0.167. The van der Waals surface area contributed by atoms with Gasteiger partial charge < -0.3 is 10.2 Å². The number of hydrogen-bond donors (Lipinski definition) is 1. The molecule has 1 aliphatic heterocycles. The minimum absolute atomic E-state index is 0.167. The maximum absolute atomic E-state index is 13.0. The van der Waals surface area contributed by atoms with Gasteiger partial charge in [0.15, 0.2) is 0 Å². The summed E-state index contributed by atoms with van der Waals surface area (Å²) in [4.78, 5) is 15.8. The van der Waals surface area contributed by atoms with Gasteiger partial charge in [0.25, 0.3) is 5.91 Å². The Hall–Kier alpha value is -2.37. The largest absolute Gasteiger partial charge is 0.380 e. The predicted octanol–water partition coefficient (Wildman–Crippen LogP) is 5.44. The zero-order valence-electron chi connectivity index (χ0n) is 14.1. The lowest BCUT2D eigenvalue weighted by molar-refractivity contribution is 0.0796. The van der Waals surface area contributed by atoms with Crippen LogP contribution in [-0.2, 0) is 0 Å². The smallest absolute Gasteiger partial charge is 0.264 e. The Morgan fingerprint density at radius 2 is 1.81 bits per heavy atom. The zero-order chi connectivity index (χ0) is 17.5. The molecular weight excluding hydrogens is 360 g/mol. The van der Waals surface area contributed by atoms with Crippen LogP contribution >= 0.6 is 22.7 Å². The van der Waals surface area contributed by atoms with E-state index < -0.39 is 0 Å². The summed E-state index contributed by atoms with van der Waals surface area (Å²) in [6.45, 7) is 1.58. The molecule has 2 aromatic heterocycles. The second kappa shape index (κ2) is 6.41. The zero-order valence-corrected chi connectivity index (χ0v) is 15.8. The van der Waals surface area contributed by atoms with Crippen LogP contribution in [-0.4, -0.2) is 29.9 Å². The molecule has 0 spiro atoms. The number of carbonyl (C=O) groups is 1. The van der Waals surface area contributed by atoms with E-state index in [-0.39, 0.29) is 5.91 Å². The SMILES string of the molecule is O=C(c1cc2sc3ccccc3c2s1)N1CCC(Nc2ccccc2)C1. The first-order valence-electron chi connectivity index (χ1n) is 8.80. The van der Waals surface area contributed by atoms with Crippen molar-refractivity contribution in [2.45, 2.75) is 12.5 Å². The van der Waals surface area contributed by atoms with Gasteiger partial charge in [0.05, 0.1) is 9.58 Å². The molecule has 1 fully saturated rings. The molecule has 2 aromatic carbocycles. The summed E-state index contributed by atoms with van der Waals surface area (Å²) in [6, 6.07) is 21.0. The molecule has 3 nitrogen and oxygen atoms in total. The molecule has 0 aliphatic carbocycles. The quantitative estimate of drug-likeness (QED) is 0.515. The molecule has 1 unspecified atom stereocenters. The summed E-state index contributed by atoms with van der Waals surface area (Å²) < 4.78 is 3.76. The van der Waals surface area contributed by atoms with Crippen LogP contribution in [0.2, 0.25) is 0 Å². The topological polar surface area (TPSA) is 32.3 Å². The lowest BCUT2D eigenvalue weighted by atomic mass is 10.2. The van der Waals surface area contributed by atoms with E-state index in [1.54, 1.807) is 22.7 Å². The molecule has 5 rings (SSSR count). The van der Waals surface area contributed by atoms with E-state index >= 15 is 0 Å². The van der Waals surface area contributed by atoms with Gasteiger partial charge >= 0.3 is 0 Å². The minimum atomic E-state index is 0.167. The standard InChI is InChI=1S/C21H18N2OS2/c24-21(23-11-10-15(13-23)22-14-6-2-1-3-7-14)19-12-18-20(26-19)16-8-4-5-9-17(16)25-18/h1-9,12,15,22H,10-11,13H2. The van der Waals surface area contributed by atoms with Crippen LogP contribution in [0.25, 0.3) is 19.5 Å². The Bertz CT molecular complexity index is 1080. The van der Waals surface area contributed by atoms with Crippen LogP contribution < -0.4 is 5.32 Å². The van der Waals surface area contributed by atoms with Crippen LogP contribution in [0.1, 0.15) is 16.1 Å². The van der Waals surface area contributed by atoms with E-state index in [2.05, 4.69) is 47.8 Å². The van der Waals surface area contributed by atoms with Crippen molar-refractivity contribution in [3.63, 3.8) is 0 Å². The first-order chi connectivity index (χ1) is 12.8. The van der Waals surface area contributed by atoms with Gasteiger partial charge in [-0.05, 0) is 30.7 Å². The molecule has 26 heavy (non-hydrogen) atoms. The van der Waals surface area contributed by atoms with Crippen molar-refractivity contribution in [2.75, 3.05) is 18.4 Å². The number of thiophene rings is 2. The Balaban J connectivity index is 1.34. The van der Waals surface area contributed by atoms with Gasteiger partial charge in [-0.3, -0.25) is 4.79 Å². The highest BCUT2D eigenvalue weighted by molar-refractivity contribution is 7.33. The fraction of sp³-hybridized carbons (Fsp3) is 0.190. The third-order valence-electron chi connectivity index (χ3n) is 4.88. The second-order valence-corrected chi connectivity index (χ2v) is 8.79. The molecule has 3 heterocycles. The maximum Gasteiger partial charge on any atom is 0.264 e. The van der Waals surface area contributed by atoms with Crippen molar-refractivity contribution >= 4 is 53.8 Å². The number of carbonyl (C=O) groups excluding carboxylic acids is 1. The van der Waals surface area contributed by atoms with E-state index in [9.17, 15) is 4.79 Å². The first kappa shape index (κ1) is 15.9. The van der Waals surface area contributed by atoms with Crippen molar-refractivity contribution < 1.29 is 4.79 Å². The third-order valence-corrected chi connectivity index (χ3v) is 7.28. The number of fused-ring (bicyclic) bond motifs is 3. The molecule has 5 heteroatoms. The molecule has 1 amide bonds. The molecule has 1 atom stereocenters. The number of nitrogens with zero attached hydrogens (tertiary/aromatic N) is 1. The second-order valence-electron chi connectivity index (χ2n) is 6.65. The number of likely N-dealkylation sites (tertiary alicyclic amines) is 1. The molecular formula is C21H18N2OS2. The van der Waals surface area contributed by atoms with E-state index in [1.807, 2.05) is 23.1 Å². The molecule has 4 aromatic rings. The van der Waals surface area contributed by atoms with Crippen molar-refractivity contribution in [1.82, 2.24) is 4.90 Å². The fourth-order valence-electron chi connectivity index (χ4n) is 3.59. The molecule has 1 aliphatic rings. The Morgan fingerprint density at radius 3 is 2.69 bits per heavy atom. The molecule has 1 saturated heterocycles. The number of anilines is 1. The highest BCUT2D eigenvalue weighted by atomic mass is 32.1. The average Bonchev–Trinajstić information content (AvgIpc) is 3.36. The van der Waals surface area contributed by atoms with Gasteiger partial charge in [0, 0.05) is 39.6 Å². The van der Waals surface area contributed by atoms with Crippen LogP contribution in [0.3, 0.4) is 0 Å². The maximum atomic E-state index is 13.0. The Morgan fingerprint density at radius 1 is 1.00 bits per heavy atom. The van der Waals surface area contributed by atoms with E-state index in [4.69, 9.17) is 0 Å². The first-order valence-corrected chi connectivity index (χ1v) is 10.4. The highest BCUT2D eigenvalue weighted by Gasteiger charge is 2.28. The van der Waals surface area contributed by atoms with Crippen molar-refractivity contribution in [3.05, 3.63) is 65.5 Å². The van der Waals surface area contributed by atoms with Gasteiger partial charge in [-0.15, -0.1) is 22.7 Å². The Labute approximate surface area is 159 Å². The van der Waals surface area contributed by atoms with Crippen LogP contribution in [0.15, 0.2) is 60.7 Å². The van der Waals surface area contributed by atoms with E-state index in [0.29, 0.717) is 6.04 Å². The highest BCUT2D eigenvalue weighted by Crippen LogP contribution is 2.39. The number of rotatable bonds is 3. The van der Waals surface area contributed by atoms with Gasteiger partial charge in [-0.2, -0.15) is 0 Å². The van der Waals surface area contributed by atoms with Gasteiger partial charge in [0.2, 0.25) is 0 Å². The van der Waals surface area contributed by atoms with Gasteiger partial charge in [0.1, 0.15) is 0 Å². The normalized spacial score (nSPS) is 17.2. The van der Waals surface area contributed by atoms with Crippen LogP contribution in [0.4, 0.5) is 5.69 Å². The number of hydrogen-bond acceptors (Lipinski definition) is 4. The summed E-state index contributed by atoms with van der Waals surface area (Å²) in [5, 5.41) is 4.80. The van der Waals surface area contributed by atoms with Crippen molar-refractivity contribution in [3.8, 4) is 0 Å². The van der Waals surface area contributed by atoms with Crippen molar-refractivity contribution in [1.29, 1.82) is 0 Å². The number of amides is 1. The van der Waals surface area contributed by atoms with Crippen LogP contribution in [0, 0.1) is 0 Å². The third kappa shape index (κ3) is 2.77. The van der Waals surface area contributed by atoms with Gasteiger partial charge in [-0.1, -0.05) is 36.4 Å².